The van der Waals surface area contributed by atoms with Crippen molar-refractivity contribution < 1.29 is 13.9 Å². The number of nitrogens with one attached hydrogen (secondary N) is 2. The summed E-state index contributed by atoms with van der Waals surface area (Å²) in [6.07, 6.45) is 0. The molecule has 10 nitrogen and oxygen atoms in total. The van der Waals surface area contributed by atoms with Crippen molar-refractivity contribution in [2.45, 2.75) is 13.5 Å². The van der Waals surface area contributed by atoms with Crippen molar-refractivity contribution in [3.8, 4) is 0 Å². The average Bonchev–Trinajstić information content (AvgIpc) is 3.15. The lowest BCUT2D eigenvalue weighted by molar-refractivity contribution is -0.116. The van der Waals surface area contributed by atoms with Gasteiger partial charge in [-0.2, -0.15) is 4.98 Å². The topological polar surface area (TPSA) is 115 Å². The number of benzene rings is 2. The van der Waals surface area contributed by atoms with Crippen LogP contribution in [0.3, 0.4) is 0 Å². The maximum atomic E-state index is 12.5. The molecule has 1 aliphatic heterocycles. The van der Waals surface area contributed by atoms with E-state index in [2.05, 4.69) is 25.5 Å². The number of fused-ring (bicyclic) bond motifs is 1. The number of rotatable bonds is 6. The number of carbonyl (C=O) groups excluding carboxylic acids is 1. The number of aromatic nitrogens is 3. The highest BCUT2D eigenvalue weighted by Gasteiger charge is 2.15. The van der Waals surface area contributed by atoms with Gasteiger partial charge >= 0.3 is 5.76 Å². The fraction of sp³-hybridized carbons (Fsp3) is 0.250. The largest absolute Gasteiger partial charge is 0.420 e. The summed E-state index contributed by atoms with van der Waals surface area (Å²) in [6, 6.07) is 16.2. The summed E-state index contributed by atoms with van der Waals surface area (Å²) in [6.45, 7) is 4.65. The van der Waals surface area contributed by atoms with Gasteiger partial charge in [0.2, 0.25) is 11.9 Å². The quantitative estimate of drug-likeness (QED) is 0.451. The van der Waals surface area contributed by atoms with Crippen LogP contribution in [-0.4, -0.2) is 46.7 Å². The standard InChI is InChI=1S/C24H24N6O4/c1-16-14-21(28-23(25-16)29-10-12-33-13-11-29)26-17-6-8-18(9-7-17)27-22(31)15-30-19-4-2-3-5-20(19)34-24(30)32/h2-9,14H,10-13,15H2,1H3,(H,27,31)(H,25,26,28). The Balaban J connectivity index is 1.24. The van der Waals surface area contributed by atoms with Crippen molar-refractivity contribution in [2.24, 2.45) is 0 Å². The Bertz CT molecular complexity index is 1370. The predicted molar refractivity (Wildman–Crippen MR) is 129 cm³/mol. The van der Waals surface area contributed by atoms with E-state index in [9.17, 15) is 9.59 Å². The van der Waals surface area contributed by atoms with Crippen molar-refractivity contribution >= 4 is 40.1 Å². The normalized spacial score (nSPS) is 13.7. The SMILES string of the molecule is Cc1cc(Nc2ccc(NC(=O)Cn3c(=O)oc4ccccc43)cc2)nc(N2CCOCC2)n1. The van der Waals surface area contributed by atoms with Crippen LogP contribution in [0.4, 0.5) is 23.1 Å². The maximum Gasteiger partial charge on any atom is 0.420 e. The van der Waals surface area contributed by atoms with E-state index in [0.29, 0.717) is 41.8 Å². The minimum Gasteiger partial charge on any atom is -0.408 e. The van der Waals surface area contributed by atoms with Crippen LogP contribution in [-0.2, 0) is 16.1 Å². The van der Waals surface area contributed by atoms with E-state index in [-0.39, 0.29) is 12.5 Å². The molecule has 1 aliphatic rings. The average molecular weight is 460 g/mol. The molecule has 1 amide bonds. The zero-order valence-corrected chi connectivity index (χ0v) is 18.7. The summed E-state index contributed by atoms with van der Waals surface area (Å²) in [5.41, 5.74) is 3.33. The van der Waals surface area contributed by atoms with Gasteiger partial charge in [-0.1, -0.05) is 12.1 Å². The van der Waals surface area contributed by atoms with Crippen LogP contribution < -0.4 is 21.3 Å². The molecule has 0 bridgehead atoms. The van der Waals surface area contributed by atoms with Gasteiger partial charge in [-0.15, -0.1) is 0 Å². The van der Waals surface area contributed by atoms with E-state index in [0.717, 1.165) is 24.5 Å². The Morgan fingerprint density at radius 2 is 1.76 bits per heavy atom. The van der Waals surface area contributed by atoms with Gasteiger partial charge in [0, 0.05) is 36.2 Å². The lowest BCUT2D eigenvalue weighted by Gasteiger charge is -2.27. The predicted octanol–water partition coefficient (Wildman–Crippen LogP) is 2.91. The molecule has 0 unspecified atom stereocenters. The number of hydrogen-bond acceptors (Lipinski definition) is 8. The number of nitrogens with zero attached hydrogens (tertiary/aromatic N) is 4. The molecular formula is C24H24N6O4. The molecule has 3 heterocycles. The van der Waals surface area contributed by atoms with Gasteiger partial charge in [-0.25, -0.2) is 9.78 Å². The van der Waals surface area contributed by atoms with Gasteiger partial charge in [0.05, 0.1) is 18.7 Å². The molecular weight excluding hydrogens is 436 g/mol. The summed E-state index contributed by atoms with van der Waals surface area (Å²) in [5, 5.41) is 6.10. The van der Waals surface area contributed by atoms with E-state index < -0.39 is 5.76 Å². The van der Waals surface area contributed by atoms with Crippen LogP contribution in [0.1, 0.15) is 5.69 Å². The minimum atomic E-state index is -0.563. The second kappa shape index (κ2) is 9.36. The summed E-state index contributed by atoms with van der Waals surface area (Å²) in [4.78, 5) is 35.9. The molecule has 0 saturated carbocycles. The summed E-state index contributed by atoms with van der Waals surface area (Å²) < 4.78 is 11.9. The number of para-hydroxylation sites is 2. The first-order valence-electron chi connectivity index (χ1n) is 11.0. The number of anilines is 4. The van der Waals surface area contributed by atoms with E-state index in [1.165, 1.54) is 4.57 Å². The molecule has 0 atom stereocenters. The van der Waals surface area contributed by atoms with Gasteiger partial charge in [-0.3, -0.25) is 9.36 Å². The Kier molecular flexibility index (Phi) is 5.96. The zero-order valence-electron chi connectivity index (χ0n) is 18.7. The second-order valence-corrected chi connectivity index (χ2v) is 7.97. The van der Waals surface area contributed by atoms with E-state index >= 15 is 0 Å². The molecule has 34 heavy (non-hydrogen) atoms. The van der Waals surface area contributed by atoms with Crippen molar-refractivity contribution in [1.82, 2.24) is 14.5 Å². The molecule has 0 spiro atoms. The number of morpholine rings is 1. The number of hydrogen-bond donors (Lipinski definition) is 2. The van der Waals surface area contributed by atoms with Crippen LogP contribution in [0.25, 0.3) is 11.1 Å². The van der Waals surface area contributed by atoms with Crippen LogP contribution in [0.5, 0.6) is 0 Å². The third-order valence-corrected chi connectivity index (χ3v) is 5.45. The molecule has 2 N–H and O–H groups in total. The molecule has 5 rings (SSSR count). The number of aryl methyl sites for hydroxylation is 1. The van der Waals surface area contributed by atoms with E-state index in [4.69, 9.17) is 9.15 Å². The van der Waals surface area contributed by atoms with E-state index in [1.54, 1.807) is 36.4 Å². The Hall–Kier alpha value is -4.18. The van der Waals surface area contributed by atoms with Gasteiger partial charge in [0.1, 0.15) is 12.4 Å². The number of amides is 1. The van der Waals surface area contributed by atoms with Gasteiger partial charge in [0.15, 0.2) is 5.58 Å². The molecule has 2 aromatic heterocycles. The first kappa shape index (κ1) is 21.7. The molecule has 1 fully saturated rings. The van der Waals surface area contributed by atoms with Gasteiger partial charge in [-0.05, 0) is 43.3 Å². The first-order chi connectivity index (χ1) is 16.5. The smallest absolute Gasteiger partial charge is 0.408 e. The second-order valence-electron chi connectivity index (χ2n) is 7.97. The van der Waals surface area contributed by atoms with Crippen LogP contribution in [0, 0.1) is 6.92 Å². The van der Waals surface area contributed by atoms with Crippen molar-refractivity contribution in [3.63, 3.8) is 0 Å². The minimum absolute atomic E-state index is 0.139. The Morgan fingerprint density at radius 3 is 2.56 bits per heavy atom. The highest BCUT2D eigenvalue weighted by atomic mass is 16.5. The fourth-order valence-electron chi connectivity index (χ4n) is 3.81. The highest BCUT2D eigenvalue weighted by molar-refractivity contribution is 5.91. The molecule has 4 aromatic rings. The van der Waals surface area contributed by atoms with Gasteiger partial charge in [0.25, 0.3) is 0 Å². The maximum absolute atomic E-state index is 12.5. The molecule has 10 heteroatoms. The molecule has 0 radical (unpaired) electrons. The first-order valence-corrected chi connectivity index (χ1v) is 11.0. The number of oxazole rings is 1. The third-order valence-electron chi connectivity index (χ3n) is 5.45. The molecule has 1 saturated heterocycles. The molecule has 2 aromatic carbocycles. The third kappa shape index (κ3) is 4.76. The summed E-state index contributed by atoms with van der Waals surface area (Å²) in [5.74, 6) is 0.483. The fourth-order valence-corrected chi connectivity index (χ4v) is 3.81. The Labute approximate surface area is 195 Å². The van der Waals surface area contributed by atoms with E-state index in [1.807, 2.05) is 25.1 Å². The van der Waals surface area contributed by atoms with Gasteiger partial charge < -0.3 is 24.7 Å². The Morgan fingerprint density at radius 1 is 1.03 bits per heavy atom. The lowest BCUT2D eigenvalue weighted by atomic mass is 10.2. The van der Waals surface area contributed by atoms with Crippen molar-refractivity contribution in [2.75, 3.05) is 41.8 Å². The lowest BCUT2D eigenvalue weighted by Crippen LogP contribution is -2.37. The molecule has 0 aliphatic carbocycles. The highest BCUT2D eigenvalue weighted by Crippen LogP contribution is 2.21. The van der Waals surface area contributed by atoms with Crippen molar-refractivity contribution in [3.05, 3.63) is 70.8 Å². The molecule has 174 valence electrons. The van der Waals surface area contributed by atoms with Crippen LogP contribution in [0.15, 0.2) is 63.8 Å². The van der Waals surface area contributed by atoms with Crippen LogP contribution >= 0.6 is 0 Å². The van der Waals surface area contributed by atoms with Crippen LogP contribution in [0.2, 0.25) is 0 Å². The number of carbonyl (C=O) groups is 1. The number of ether oxygens (including phenoxy) is 1. The summed E-state index contributed by atoms with van der Waals surface area (Å²) >= 11 is 0. The zero-order chi connectivity index (χ0) is 23.5. The monoisotopic (exact) mass is 460 g/mol. The van der Waals surface area contributed by atoms with Crippen molar-refractivity contribution in [1.29, 1.82) is 0 Å². The summed E-state index contributed by atoms with van der Waals surface area (Å²) in [7, 11) is 0.